The SMILES string of the molecule is CNCc1cnc(N2CCCc3cc(C)ccc32)c(C)c1. The van der Waals surface area contributed by atoms with Gasteiger partial charge in [0.2, 0.25) is 0 Å². The Morgan fingerprint density at radius 2 is 2.10 bits per heavy atom. The molecule has 0 bridgehead atoms. The highest BCUT2D eigenvalue weighted by Crippen LogP contribution is 2.34. The number of aromatic nitrogens is 1. The van der Waals surface area contributed by atoms with Crippen molar-refractivity contribution in [3.05, 3.63) is 52.7 Å². The summed E-state index contributed by atoms with van der Waals surface area (Å²) >= 11 is 0. The minimum atomic E-state index is 0.865. The summed E-state index contributed by atoms with van der Waals surface area (Å²) in [7, 11) is 1.96. The zero-order chi connectivity index (χ0) is 14.8. The zero-order valence-electron chi connectivity index (χ0n) is 13.1. The van der Waals surface area contributed by atoms with Crippen LogP contribution < -0.4 is 10.2 Å². The van der Waals surface area contributed by atoms with E-state index in [-0.39, 0.29) is 0 Å². The highest BCUT2D eigenvalue weighted by Gasteiger charge is 2.20. The number of fused-ring (bicyclic) bond motifs is 1. The second-order valence-electron chi connectivity index (χ2n) is 5.90. The molecule has 0 fully saturated rings. The van der Waals surface area contributed by atoms with Crippen LogP contribution in [0.2, 0.25) is 0 Å². The van der Waals surface area contributed by atoms with Crippen molar-refractivity contribution in [1.29, 1.82) is 0 Å². The number of nitrogens with zero attached hydrogens (tertiary/aromatic N) is 2. The summed E-state index contributed by atoms with van der Waals surface area (Å²) in [5, 5.41) is 3.18. The summed E-state index contributed by atoms with van der Waals surface area (Å²) in [4.78, 5) is 7.10. The summed E-state index contributed by atoms with van der Waals surface area (Å²) in [6.07, 6.45) is 4.35. The Morgan fingerprint density at radius 1 is 1.24 bits per heavy atom. The fourth-order valence-corrected chi connectivity index (χ4v) is 3.16. The molecule has 3 heteroatoms. The molecule has 0 saturated heterocycles. The number of rotatable bonds is 3. The Kier molecular flexibility index (Phi) is 3.93. The minimum Gasteiger partial charge on any atom is -0.326 e. The lowest BCUT2D eigenvalue weighted by atomic mass is 9.99. The van der Waals surface area contributed by atoms with Gasteiger partial charge in [-0.05, 0) is 62.6 Å². The van der Waals surface area contributed by atoms with Crippen LogP contribution in [0.4, 0.5) is 11.5 Å². The van der Waals surface area contributed by atoms with Gasteiger partial charge in [0.05, 0.1) is 0 Å². The van der Waals surface area contributed by atoms with E-state index < -0.39 is 0 Å². The Morgan fingerprint density at radius 3 is 2.86 bits per heavy atom. The summed E-state index contributed by atoms with van der Waals surface area (Å²) < 4.78 is 0. The highest BCUT2D eigenvalue weighted by molar-refractivity contribution is 5.68. The fourth-order valence-electron chi connectivity index (χ4n) is 3.16. The van der Waals surface area contributed by atoms with Gasteiger partial charge in [0.1, 0.15) is 5.82 Å². The van der Waals surface area contributed by atoms with Gasteiger partial charge in [-0.15, -0.1) is 0 Å². The molecule has 1 aliphatic rings. The molecule has 0 saturated carbocycles. The summed E-state index contributed by atoms with van der Waals surface area (Å²) in [5.74, 6) is 1.10. The molecule has 110 valence electrons. The molecule has 0 spiro atoms. The third kappa shape index (κ3) is 2.79. The normalized spacial score (nSPS) is 14.1. The molecule has 2 aromatic rings. The van der Waals surface area contributed by atoms with Gasteiger partial charge < -0.3 is 10.2 Å². The lowest BCUT2D eigenvalue weighted by molar-refractivity contribution is 0.754. The molecule has 3 rings (SSSR count). The van der Waals surface area contributed by atoms with E-state index in [1.54, 1.807) is 0 Å². The van der Waals surface area contributed by atoms with Crippen LogP contribution >= 0.6 is 0 Å². The van der Waals surface area contributed by atoms with Crippen molar-refractivity contribution >= 4 is 11.5 Å². The first-order chi connectivity index (χ1) is 10.2. The van der Waals surface area contributed by atoms with Crippen molar-refractivity contribution in [1.82, 2.24) is 10.3 Å². The number of nitrogens with one attached hydrogen (secondary N) is 1. The molecule has 21 heavy (non-hydrogen) atoms. The lowest BCUT2D eigenvalue weighted by Crippen LogP contribution is -2.26. The average Bonchev–Trinajstić information content (AvgIpc) is 2.47. The van der Waals surface area contributed by atoms with E-state index in [0.29, 0.717) is 0 Å². The standard InChI is InChI=1S/C18H23N3/c1-13-6-7-17-16(9-13)5-4-8-21(17)18-14(2)10-15(11-19-3)12-20-18/h6-7,9-10,12,19H,4-5,8,11H2,1-3H3. The third-order valence-electron chi connectivity index (χ3n) is 4.10. The smallest absolute Gasteiger partial charge is 0.135 e. The number of anilines is 2. The quantitative estimate of drug-likeness (QED) is 0.933. The van der Waals surface area contributed by atoms with Crippen LogP contribution in [-0.2, 0) is 13.0 Å². The minimum absolute atomic E-state index is 0.865. The van der Waals surface area contributed by atoms with E-state index in [9.17, 15) is 0 Å². The number of hydrogen-bond donors (Lipinski definition) is 1. The maximum atomic E-state index is 4.73. The van der Waals surface area contributed by atoms with Gasteiger partial charge in [-0.1, -0.05) is 17.7 Å². The molecule has 2 heterocycles. The van der Waals surface area contributed by atoms with Crippen LogP contribution in [0.15, 0.2) is 30.5 Å². The zero-order valence-corrected chi connectivity index (χ0v) is 13.1. The molecule has 0 radical (unpaired) electrons. The van der Waals surface area contributed by atoms with Gasteiger partial charge >= 0.3 is 0 Å². The molecular formula is C18H23N3. The van der Waals surface area contributed by atoms with E-state index in [4.69, 9.17) is 4.98 Å². The fraction of sp³-hybridized carbons (Fsp3) is 0.389. The molecule has 1 aromatic carbocycles. The molecule has 0 amide bonds. The molecule has 0 aliphatic carbocycles. The van der Waals surface area contributed by atoms with Crippen LogP contribution in [0.3, 0.4) is 0 Å². The Hall–Kier alpha value is -1.87. The Bertz CT molecular complexity index is 649. The van der Waals surface area contributed by atoms with Crippen molar-refractivity contribution in [2.75, 3.05) is 18.5 Å². The Labute approximate surface area is 127 Å². The van der Waals surface area contributed by atoms with Crippen LogP contribution in [0.25, 0.3) is 0 Å². The predicted molar refractivity (Wildman–Crippen MR) is 88.2 cm³/mol. The average molecular weight is 281 g/mol. The van der Waals surface area contributed by atoms with Gasteiger partial charge in [-0.25, -0.2) is 4.98 Å². The monoisotopic (exact) mass is 281 g/mol. The summed E-state index contributed by atoms with van der Waals surface area (Å²) in [5.41, 5.74) is 6.59. The molecule has 0 atom stereocenters. The third-order valence-corrected chi connectivity index (χ3v) is 4.10. The first-order valence-electron chi connectivity index (χ1n) is 7.66. The molecule has 3 nitrogen and oxygen atoms in total. The topological polar surface area (TPSA) is 28.2 Å². The van der Waals surface area contributed by atoms with Crippen molar-refractivity contribution in [2.24, 2.45) is 0 Å². The second-order valence-corrected chi connectivity index (χ2v) is 5.90. The van der Waals surface area contributed by atoms with Crippen LogP contribution in [0.5, 0.6) is 0 Å². The van der Waals surface area contributed by atoms with Crippen molar-refractivity contribution in [3.8, 4) is 0 Å². The van der Waals surface area contributed by atoms with Crippen LogP contribution in [0.1, 0.15) is 28.7 Å². The molecule has 1 N–H and O–H groups in total. The number of benzene rings is 1. The van der Waals surface area contributed by atoms with E-state index in [2.05, 4.69) is 48.3 Å². The van der Waals surface area contributed by atoms with E-state index in [0.717, 1.165) is 18.9 Å². The van der Waals surface area contributed by atoms with Gasteiger partial charge in [0.15, 0.2) is 0 Å². The van der Waals surface area contributed by atoms with Gasteiger partial charge in [0.25, 0.3) is 0 Å². The first-order valence-corrected chi connectivity index (χ1v) is 7.66. The summed E-state index contributed by atoms with van der Waals surface area (Å²) in [6, 6.07) is 8.99. The number of hydrogen-bond acceptors (Lipinski definition) is 3. The predicted octanol–water partition coefficient (Wildman–Crippen LogP) is 3.50. The Balaban J connectivity index is 1.99. The van der Waals surface area contributed by atoms with Crippen molar-refractivity contribution < 1.29 is 0 Å². The van der Waals surface area contributed by atoms with Crippen molar-refractivity contribution in [2.45, 2.75) is 33.2 Å². The van der Waals surface area contributed by atoms with Gasteiger partial charge in [-0.3, -0.25) is 0 Å². The van der Waals surface area contributed by atoms with E-state index >= 15 is 0 Å². The van der Waals surface area contributed by atoms with Crippen LogP contribution in [0, 0.1) is 13.8 Å². The maximum absolute atomic E-state index is 4.73. The van der Waals surface area contributed by atoms with Gasteiger partial charge in [0, 0.05) is 25.0 Å². The lowest BCUT2D eigenvalue weighted by Gasteiger charge is -2.31. The summed E-state index contributed by atoms with van der Waals surface area (Å²) in [6.45, 7) is 6.23. The second kappa shape index (κ2) is 5.86. The maximum Gasteiger partial charge on any atom is 0.135 e. The molecule has 1 aromatic heterocycles. The first kappa shape index (κ1) is 14.1. The largest absolute Gasteiger partial charge is 0.326 e. The number of pyridine rings is 1. The van der Waals surface area contributed by atoms with Crippen molar-refractivity contribution in [3.63, 3.8) is 0 Å². The molecule has 1 aliphatic heterocycles. The number of aryl methyl sites for hydroxylation is 3. The van der Waals surface area contributed by atoms with E-state index in [1.165, 1.54) is 40.8 Å². The van der Waals surface area contributed by atoms with E-state index in [1.807, 2.05) is 13.2 Å². The molecular weight excluding hydrogens is 258 g/mol. The highest BCUT2D eigenvalue weighted by atomic mass is 15.2. The van der Waals surface area contributed by atoms with Crippen LogP contribution in [-0.4, -0.2) is 18.6 Å². The van der Waals surface area contributed by atoms with Gasteiger partial charge in [-0.2, -0.15) is 0 Å². The molecule has 0 unspecified atom stereocenters.